The van der Waals surface area contributed by atoms with Crippen molar-refractivity contribution in [3.63, 3.8) is 0 Å². The minimum atomic E-state index is -0.486. The van der Waals surface area contributed by atoms with E-state index in [-0.39, 0.29) is 0 Å². The Morgan fingerprint density at radius 3 is 1.75 bits per heavy atom. The number of hydrogen-bond acceptors (Lipinski definition) is 3. The summed E-state index contributed by atoms with van der Waals surface area (Å²) >= 11 is 0. The highest BCUT2D eigenvalue weighted by Crippen LogP contribution is 2.62. The number of fused-ring (bicyclic) bond motifs is 10. The van der Waals surface area contributed by atoms with E-state index in [4.69, 9.17) is 14.7 Å². The molecule has 0 saturated heterocycles. The second-order valence-corrected chi connectivity index (χ2v) is 12.5. The molecule has 0 fully saturated rings. The molecule has 2 heterocycles. The van der Waals surface area contributed by atoms with Gasteiger partial charge in [0.2, 0.25) is 0 Å². The van der Waals surface area contributed by atoms with Gasteiger partial charge >= 0.3 is 0 Å². The van der Waals surface area contributed by atoms with Gasteiger partial charge in [-0.15, -0.1) is 0 Å². The molecule has 8 aromatic rings. The van der Waals surface area contributed by atoms with Crippen molar-refractivity contribution >= 4 is 10.9 Å². The molecular weight excluding hydrogens is 585 g/mol. The van der Waals surface area contributed by atoms with Crippen molar-refractivity contribution in [1.29, 1.82) is 0 Å². The van der Waals surface area contributed by atoms with Gasteiger partial charge < -0.3 is 4.74 Å². The summed E-state index contributed by atoms with van der Waals surface area (Å²) in [6, 6.07) is 60.0. The Kier molecular flexibility index (Phi) is 5.79. The van der Waals surface area contributed by atoms with Gasteiger partial charge in [-0.2, -0.15) is 0 Å². The van der Waals surface area contributed by atoms with Gasteiger partial charge in [-0.3, -0.25) is 0 Å². The summed E-state index contributed by atoms with van der Waals surface area (Å²) in [4.78, 5) is 10.1. The topological polar surface area (TPSA) is 35.0 Å². The first-order chi connectivity index (χ1) is 23.8. The van der Waals surface area contributed by atoms with Gasteiger partial charge in [0, 0.05) is 27.6 Å². The average Bonchev–Trinajstić information content (AvgIpc) is 3.45. The molecule has 0 amide bonds. The lowest BCUT2D eigenvalue weighted by atomic mass is 9.66. The zero-order valence-electron chi connectivity index (χ0n) is 26.0. The van der Waals surface area contributed by atoms with Crippen LogP contribution in [0.1, 0.15) is 22.3 Å². The van der Waals surface area contributed by atoms with E-state index in [9.17, 15) is 0 Å². The van der Waals surface area contributed by atoms with Crippen molar-refractivity contribution < 1.29 is 4.74 Å². The highest BCUT2D eigenvalue weighted by Gasteiger charge is 2.50. The second-order valence-electron chi connectivity index (χ2n) is 12.5. The lowest BCUT2D eigenvalue weighted by Gasteiger charge is -2.39. The number of rotatable bonds is 3. The first-order valence-electron chi connectivity index (χ1n) is 16.3. The molecule has 0 bridgehead atoms. The summed E-state index contributed by atoms with van der Waals surface area (Å²) in [6.45, 7) is 0. The Labute approximate surface area is 278 Å². The third kappa shape index (κ3) is 3.82. The van der Waals surface area contributed by atoms with Crippen LogP contribution in [0.3, 0.4) is 0 Å². The Balaban J connectivity index is 1.12. The van der Waals surface area contributed by atoms with Crippen molar-refractivity contribution in [1.82, 2.24) is 9.97 Å². The molecule has 1 aliphatic heterocycles. The smallest absolute Gasteiger partial charge is 0.160 e. The van der Waals surface area contributed by atoms with Gasteiger partial charge in [0.1, 0.15) is 11.5 Å². The Hall–Kier alpha value is -6.32. The van der Waals surface area contributed by atoms with E-state index in [1.54, 1.807) is 0 Å². The van der Waals surface area contributed by atoms with E-state index in [2.05, 4.69) is 152 Å². The van der Waals surface area contributed by atoms with E-state index in [0.717, 1.165) is 55.9 Å². The van der Waals surface area contributed by atoms with Crippen LogP contribution < -0.4 is 4.74 Å². The first kappa shape index (κ1) is 26.9. The molecule has 1 spiro atoms. The Bertz CT molecular complexity index is 2490. The number of hydrogen-bond donors (Lipinski definition) is 0. The minimum absolute atomic E-state index is 0.486. The van der Waals surface area contributed by atoms with Crippen LogP contribution >= 0.6 is 0 Å². The summed E-state index contributed by atoms with van der Waals surface area (Å²) < 4.78 is 6.63. The maximum absolute atomic E-state index is 6.63. The molecule has 1 aromatic heterocycles. The summed E-state index contributed by atoms with van der Waals surface area (Å²) in [6.07, 6.45) is 0. The molecule has 0 unspecified atom stereocenters. The van der Waals surface area contributed by atoms with E-state index in [1.165, 1.54) is 27.8 Å². The minimum Gasteiger partial charge on any atom is -0.457 e. The second kappa shape index (κ2) is 10.3. The lowest BCUT2D eigenvalue weighted by Crippen LogP contribution is -2.32. The number of aromatic nitrogens is 2. The van der Waals surface area contributed by atoms with Crippen molar-refractivity contribution in [3.8, 4) is 56.4 Å². The van der Waals surface area contributed by atoms with E-state index in [0.29, 0.717) is 5.82 Å². The van der Waals surface area contributed by atoms with Crippen LogP contribution in [0.5, 0.6) is 11.5 Å². The fourth-order valence-electron chi connectivity index (χ4n) is 7.87. The van der Waals surface area contributed by atoms with Gasteiger partial charge in [0.25, 0.3) is 0 Å². The van der Waals surface area contributed by atoms with Crippen LogP contribution in [0.15, 0.2) is 170 Å². The number of benzene rings is 7. The zero-order chi connectivity index (χ0) is 31.7. The van der Waals surface area contributed by atoms with Gasteiger partial charge in [0.05, 0.1) is 16.6 Å². The van der Waals surface area contributed by atoms with Crippen molar-refractivity contribution in [2.24, 2.45) is 0 Å². The van der Waals surface area contributed by atoms with Crippen LogP contribution in [-0.4, -0.2) is 9.97 Å². The van der Waals surface area contributed by atoms with Gasteiger partial charge in [0.15, 0.2) is 5.82 Å². The van der Waals surface area contributed by atoms with Crippen LogP contribution in [0, 0.1) is 0 Å². The third-order valence-electron chi connectivity index (χ3n) is 9.97. The van der Waals surface area contributed by atoms with Crippen LogP contribution in [0.25, 0.3) is 55.8 Å². The molecule has 0 atom stereocenters. The molecule has 0 N–H and O–H groups in total. The van der Waals surface area contributed by atoms with Crippen molar-refractivity contribution in [3.05, 3.63) is 192 Å². The van der Waals surface area contributed by atoms with E-state index in [1.807, 2.05) is 18.2 Å². The molecule has 7 aromatic carbocycles. The summed E-state index contributed by atoms with van der Waals surface area (Å²) in [7, 11) is 0. The SMILES string of the molecule is c1ccc(-c2nc(-c3ccc(-c4ccc5c(c4)C4(c6ccccc6O5)c5ccccc5-c5ccccc54)cc3)nc3ccccc23)cc1. The molecule has 0 radical (unpaired) electrons. The normalized spacial score (nSPS) is 13.3. The highest BCUT2D eigenvalue weighted by atomic mass is 16.5. The molecule has 48 heavy (non-hydrogen) atoms. The lowest BCUT2D eigenvalue weighted by molar-refractivity contribution is 0.436. The third-order valence-corrected chi connectivity index (χ3v) is 9.97. The molecule has 224 valence electrons. The molecule has 3 heteroatoms. The zero-order valence-corrected chi connectivity index (χ0v) is 26.0. The predicted octanol–water partition coefficient (Wildman–Crippen LogP) is 11.1. The Morgan fingerprint density at radius 2 is 0.979 bits per heavy atom. The van der Waals surface area contributed by atoms with Crippen molar-refractivity contribution in [2.75, 3.05) is 0 Å². The quantitative estimate of drug-likeness (QED) is 0.199. The van der Waals surface area contributed by atoms with E-state index < -0.39 is 5.41 Å². The predicted molar refractivity (Wildman–Crippen MR) is 193 cm³/mol. The largest absolute Gasteiger partial charge is 0.457 e. The molecule has 2 aliphatic rings. The highest BCUT2D eigenvalue weighted by molar-refractivity contribution is 5.94. The average molecular weight is 613 g/mol. The summed E-state index contributed by atoms with van der Waals surface area (Å²) in [5.74, 6) is 2.50. The van der Waals surface area contributed by atoms with Crippen LogP contribution in [0.4, 0.5) is 0 Å². The maximum atomic E-state index is 6.63. The molecule has 3 nitrogen and oxygen atoms in total. The molecular formula is C45H28N2O. The Morgan fingerprint density at radius 1 is 0.396 bits per heavy atom. The van der Waals surface area contributed by atoms with Gasteiger partial charge in [-0.05, 0) is 57.6 Å². The van der Waals surface area contributed by atoms with Gasteiger partial charge in [-0.25, -0.2) is 9.97 Å². The van der Waals surface area contributed by atoms with Crippen LogP contribution in [-0.2, 0) is 5.41 Å². The van der Waals surface area contributed by atoms with Gasteiger partial charge in [-0.1, -0.05) is 146 Å². The fourth-order valence-corrected chi connectivity index (χ4v) is 7.87. The molecule has 10 rings (SSSR count). The maximum Gasteiger partial charge on any atom is 0.160 e. The fraction of sp³-hybridized carbons (Fsp3) is 0.0222. The molecule has 1 aliphatic carbocycles. The molecule has 0 saturated carbocycles. The number of ether oxygens (including phenoxy) is 1. The summed E-state index contributed by atoms with van der Waals surface area (Å²) in [5, 5.41) is 1.05. The van der Waals surface area contributed by atoms with Crippen LogP contribution in [0.2, 0.25) is 0 Å². The number of nitrogens with zero attached hydrogens (tertiary/aromatic N) is 2. The summed E-state index contributed by atoms with van der Waals surface area (Å²) in [5.41, 5.74) is 13.2. The van der Waals surface area contributed by atoms with E-state index >= 15 is 0 Å². The first-order valence-corrected chi connectivity index (χ1v) is 16.3. The number of para-hydroxylation sites is 2. The standard InChI is InChI=1S/C45H28N2O/c1-2-12-30(13-3-1)43-35-16-6-10-20-40(35)46-44(47-43)31-24-22-29(23-25-31)32-26-27-42-39(28-32)45(38-19-9-11-21-41(38)48-42)36-17-7-4-14-33(36)34-15-5-8-18-37(34)45/h1-28H. The van der Waals surface area contributed by atoms with Crippen molar-refractivity contribution in [2.45, 2.75) is 5.41 Å². The monoisotopic (exact) mass is 612 g/mol.